The molecule has 9 heteroatoms. The van der Waals surface area contributed by atoms with Crippen molar-refractivity contribution >= 4 is 23.5 Å². The fourth-order valence-corrected chi connectivity index (χ4v) is 3.57. The largest absolute Gasteiger partial charge is 0.455 e. The monoisotopic (exact) mass is 417 g/mol. The second-order valence-corrected chi connectivity index (χ2v) is 7.47. The summed E-state index contributed by atoms with van der Waals surface area (Å²) >= 11 is 6.04. The zero-order chi connectivity index (χ0) is 20.2. The summed E-state index contributed by atoms with van der Waals surface area (Å²) in [6.07, 6.45) is 5.14. The lowest BCUT2D eigenvalue weighted by Gasteiger charge is -2.25. The van der Waals surface area contributed by atoms with E-state index >= 15 is 0 Å². The highest BCUT2D eigenvalue weighted by molar-refractivity contribution is 6.31. The van der Waals surface area contributed by atoms with Gasteiger partial charge in [-0.15, -0.1) is 5.10 Å². The number of amides is 1. The van der Waals surface area contributed by atoms with Crippen molar-refractivity contribution in [3.05, 3.63) is 64.6 Å². The number of benzene rings is 1. The number of rotatable bonds is 6. The predicted octanol–water partition coefficient (Wildman–Crippen LogP) is 3.95. The molecular weight excluding hydrogens is 397 g/mol. The maximum atomic E-state index is 13.1. The minimum atomic E-state index is -0.410. The van der Waals surface area contributed by atoms with Crippen LogP contribution in [0.15, 0.2) is 41.1 Å². The van der Waals surface area contributed by atoms with E-state index in [1.165, 1.54) is 42.4 Å². The van der Waals surface area contributed by atoms with E-state index < -0.39 is 11.7 Å². The van der Waals surface area contributed by atoms with Crippen LogP contribution in [0.3, 0.4) is 0 Å². The predicted molar refractivity (Wildman–Crippen MR) is 106 cm³/mol. The van der Waals surface area contributed by atoms with Gasteiger partial charge in [-0.05, 0) is 55.8 Å². The number of anilines is 1. The fraction of sp³-hybridized carbons (Fsp3) is 0.350. The van der Waals surface area contributed by atoms with E-state index in [1.807, 2.05) is 6.07 Å². The molecule has 3 aromatic rings. The number of piperidine rings is 1. The summed E-state index contributed by atoms with van der Waals surface area (Å²) in [7, 11) is 0. The van der Waals surface area contributed by atoms with Gasteiger partial charge >= 0.3 is 0 Å². The van der Waals surface area contributed by atoms with Crippen LogP contribution in [-0.2, 0) is 13.1 Å². The molecule has 0 atom stereocenters. The Hall–Kier alpha value is -2.71. The van der Waals surface area contributed by atoms with Crippen LogP contribution in [0.25, 0.3) is 0 Å². The lowest BCUT2D eigenvalue weighted by molar-refractivity contribution is 0.0991. The second-order valence-electron chi connectivity index (χ2n) is 7.06. The van der Waals surface area contributed by atoms with Gasteiger partial charge in [-0.1, -0.05) is 24.1 Å². The molecule has 0 radical (unpaired) electrons. The van der Waals surface area contributed by atoms with E-state index in [1.54, 1.807) is 12.1 Å². The maximum absolute atomic E-state index is 13.1. The first-order valence-electron chi connectivity index (χ1n) is 9.52. The average molecular weight is 418 g/mol. The minimum Gasteiger partial charge on any atom is -0.455 e. The van der Waals surface area contributed by atoms with Gasteiger partial charge in [0.1, 0.15) is 17.9 Å². The van der Waals surface area contributed by atoms with Crippen molar-refractivity contribution in [1.29, 1.82) is 0 Å². The zero-order valence-electron chi connectivity index (χ0n) is 15.8. The number of furan rings is 1. The third kappa shape index (κ3) is 5.02. The minimum absolute atomic E-state index is 0.155. The topological polar surface area (TPSA) is 76.2 Å². The van der Waals surface area contributed by atoms with Crippen LogP contribution in [0.1, 0.15) is 41.1 Å². The number of nitrogens with one attached hydrogen (secondary N) is 1. The molecule has 1 aliphatic heterocycles. The van der Waals surface area contributed by atoms with Crippen LogP contribution in [-0.4, -0.2) is 38.7 Å². The van der Waals surface area contributed by atoms with Gasteiger partial charge in [-0.3, -0.25) is 15.0 Å². The van der Waals surface area contributed by atoms with Crippen LogP contribution in [0.2, 0.25) is 5.02 Å². The quantitative estimate of drug-likeness (QED) is 0.657. The highest BCUT2D eigenvalue weighted by Crippen LogP contribution is 2.19. The molecule has 7 nitrogen and oxygen atoms in total. The standard InChI is InChI=1S/C20H21ClFN5O2/c21-17-10-15(22)5-4-14(17)11-27-13-23-20(25-27)24-19(28)18-7-6-16(29-18)12-26-8-2-1-3-9-26/h4-7,10,13H,1-3,8-9,11-12H2,(H,24,25,28). The summed E-state index contributed by atoms with van der Waals surface area (Å²) in [4.78, 5) is 18.8. The van der Waals surface area contributed by atoms with E-state index in [0.717, 1.165) is 18.8 Å². The van der Waals surface area contributed by atoms with Gasteiger partial charge in [0.05, 0.1) is 13.1 Å². The van der Waals surface area contributed by atoms with Crippen molar-refractivity contribution in [2.45, 2.75) is 32.4 Å². The molecule has 0 spiro atoms. The lowest BCUT2D eigenvalue weighted by atomic mass is 10.1. The zero-order valence-corrected chi connectivity index (χ0v) is 16.5. The molecule has 1 fully saturated rings. The summed E-state index contributed by atoms with van der Waals surface area (Å²) in [6, 6.07) is 7.65. The van der Waals surface area contributed by atoms with Crippen LogP contribution >= 0.6 is 11.6 Å². The maximum Gasteiger partial charge on any atom is 0.293 e. The van der Waals surface area contributed by atoms with Gasteiger partial charge in [0.25, 0.3) is 5.91 Å². The number of nitrogens with zero attached hydrogens (tertiary/aromatic N) is 4. The van der Waals surface area contributed by atoms with Crippen LogP contribution in [0.4, 0.5) is 10.3 Å². The summed E-state index contributed by atoms with van der Waals surface area (Å²) in [5, 5.41) is 7.14. The van der Waals surface area contributed by atoms with Crippen molar-refractivity contribution < 1.29 is 13.6 Å². The van der Waals surface area contributed by atoms with Crippen molar-refractivity contribution in [2.75, 3.05) is 18.4 Å². The number of carbonyl (C=O) groups excluding carboxylic acids is 1. The molecular formula is C20H21ClFN5O2. The van der Waals surface area contributed by atoms with Crippen molar-refractivity contribution in [1.82, 2.24) is 19.7 Å². The first-order valence-corrected chi connectivity index (χ1v) is 9.90. The molecule has 0 unspecified atom stereocenters. The van der Waals surface area contributed by atoms with E-state index in [2.05, 4.69) is 20.3 Å². The van der Waals surface area contributed by atoms with Gasteiger partial charge in [-0.2, -0.15) is 0 Å². The number of aromatic nitrogens is 3. The summed E-state index contributed by atoms with van der Waals surface area (Å²) in [6.45, 7) is 3.13. The molecule has 1 amide bonds. The lowest BCUT2D eigenvalue weighted by Crippen LogP contribution is -2.28. The van der Waals surface area contributed by atoms with E-state index in [4.69, 9.17) is 16.0 Å². The van der Waals surface area contributed by atoms with Crippen LogP contribution in [0, 0.1) is 5.82 Å². The third-order valence-corrected chi connectivity index (χ3v) is 5.17. The normalized spacial score (nSPS) is 14.8. The number of hydrogen-bond donors (Lipinski definition) is 1. The van der Waals surface area contributed by atoms with E-state index in [-0.39, 0.29) is 11.7 Å². The molecule has 1 aromatic carbocycles. The number of carbonyl (C=O) groups is 1. The number of likely N-dealkylation sites (tertiary alicyclic amines) is 1. The van der Waals surface area contributed by atoms with Gasteiger partial charge < -0.3 is 4.42 Å². The van der Waals surface area contributed by atoms with Crippen LogP contribution in [0.5, 0.6) is 0 Å². The van der Waals surface area contributed by atoms with E-state index in [9.17, 15) is 9.18 Å². The fourth-order valence-electron chi connectivity index (χ4n) is 3.34. The molecule has 29 heavy (non-hydrogen) atoms. The Kier molecular flexibility index (Phi) is 5.92. The first-order chi connectivity index (χ1) is 14.1. The molecule has 1 aliphatic rings. The Bertz CT molecular complexity index is 996. The van der Waals surface area contributed by atoms with Crippen LogP contribution < -0.4 is 5.32 Å². The third-order valence-electron chi connectivity index (χ3n) is 4.82. The first kappa shape index (κ1) is 19.6. The van der Waals surface area contributed by atoms with Crippen molar-refractivity contribution in [3.63, 3.8) is 0 Å². The Morgan fingerprint density at radius 2 is 2.00 bits per heavy atom. The van der Waals surface area contributed by atoms with Crippen molar-refractivity contribution in [2.24, 2.45) is 0 Å². The molecule has 1 saturated heterocycles. The van der Waals surface area contributed by atoms with Gasteiger partial charge in [-0.25, -0.2) is 14.1 Å². The van der Waals surface area contributed by atoms with E-state index in [0.29, 0.717) is 23.7 Å². The summed E-state index contributed by atoms with van der Waals surface area (Å²) in [5.74, 6) is 0.328. The molecule has 4 rings (SSSR count). The molecule has 152 valence electrons. The summed E-state index contributed by atoms with van der Waals surface area (Å²) in [5.41, 5.74) is 0.698. The van der Waals surface area contributed by atoms with Gasteiger partial charge in [0, 0.05) is 5.02 Å². The molecule has 3 heterocycles. The Morgan fingerprint density at radius 1 is 1.17 bits per heavy atom. The Morgan fingerprint density at radius 3 is 2.79 bits per heavy atom. The van der Waals surface area contributed by atoms with Gasteiger partial charge in [0.2, 0.25) is 5.95 Å². The Labute approximate surface area is 172 Å². The average Bonchev–Trinajstić information content (AvgIpc) is 3.34. The van der Waals surface area contributed by atoms with Crippen molar-refractivity contribution in [3.8, 4) is 0 Å². The molecule has 1 N–H and O–H groups in total. The molecule has 2 aromatic heterocycles. The van der Waals surface area contributed by atoms with Gasteiger partial charge in [0.15, 0.2) is 5.76 Å². The number of hydrogen-bond acceptors (Lipinski definition) is 5. The molecule has 0 aliphatic carbocycles. The Balaban J connectivity index is 1.35. The number of halogens is 2. The summed E-state index contributed by atoms with van der Waals surface area (Å²) < 4.78 is 20.3. The second kappa shape index (κ2) is 8.75. The highest BCUT2D eigenvalue weighted by atomic mass is 35.5. The highest BCUT2D eigenvalue weighted by Gasteiger charge is 2.16. The molecule has 0 bridgehead atoms. The SMILES string of the molecule is O=C(Nc1ncn(Cc2ccc(F)cc2Cl)n1)c1ccc(CN2CCCCC2)o1. The molecule has 0 saturated carbocycles. The smallest absolute Gasteiger partial charge is 0.293 e.